The van der Waals surface area contributed by atoms with Crippen LogP contribution in [0.2, 0.25) is 0 Å². The van der Waals surface area contributed by atoms with Crippen molar-refractivity contribution in [1.82, 2.24) is 19.9 Å². The van der Waals surface area contributed by atoms with E-state index in [-0.39, 0.29) is 5.78 Å². The van der Waals surface area contributed by atoms with Crippen molar-refractivity contribution in [2.24, 2.45) is 4.99 Å². The molecule has 1 aromatic carbocycles. The summed E-state index contributed by atoms with van der Waals surface area (Å²) in [6, 6.07) is 7.99. The van der Waals surface area contributed by atoms with Crippen molar-refractivity contribution in [3.05, 3.63) is 41.5 Å². The van der Waals surface area contributed by atoms with Crippen LogP contribution in [0, 0.1) is 0 Å². The first-order valence-electron chi connectivity index (χ1n) is 11.4. The second kappa shape index (κ2) is 10.9. The Hall–Kier alpha value is -2.78. The third-order valence-electron chi connectivity index (χ3n) is 5.58. The van der Waals surface area contributed by atoms with E-state index in [0.29, 0.717) is 23.5 Å². The Morgan fingerprint density at radius 3 is 2.55 bits per heavy atom. The molecule has 0 atom stereocenters. The molecule has 33 heavy (non-hydrogen) atoms. The van der Waals surface area contributed by atoms with Crippen molar-refractivity contribution in [3.8, 4) is 0 Å². The Labute approximate surface area is 199 Å². The zero-order valence-electron chi connectivity index (χ0n) is 19.5. The minimum atomic E-state index is 0.159. The first-order valence-corrected chi connectivity index (χ1v) is 12.3. The summed E-state index contributed by atoms with van der Waals surface area (Å²) in [5.74, 6) is 2.17. The van der Waals surface area contributed by atoms with E-state index < -0.39 is 0 Å². The maximum absolute atomic E-state index is 11.4. The molecule has 0 amide bonds. The molecule has 3 heterocycles. The molecule has 4 rings (SSSR count). The summed E-state index contributed by atoms with van der Waals surface area (Å²) in [6.45, 7) is 8.24. The molecule has 0 spiro atoms. The molecule has 8 nitrogen and oxygen atoms in total. The SMILES string of the molecule is CCCC1=CC(Nc2nc(Sc3ccc(CC(C)=O)cc3)nc(N3CCN(C)CC3)n2)=NC1. The number of piperazine rings is 1. The topological polar surface area (TPSA) is 86.6 Å². The van der Waals surface area contributed by atoms with Gasteiger partial charge >= 0.3 is 0 Å². The van der Waals surface area contributed by atoms with Gasteiger partial charge in [0.2, 0.25) is 11.9 Å². The van der Waals surface area contributed by atoms with Crippen LogP contribution in [-0.4, -0.2) is 71.2 Å². The van der Waals surface area contributed by atoms with Crippen LogP contribution in [0.5, 0.6) is 0 Å². The lowest BCUT2D eigenvalue weighted by Gasteiger charge is -2.32. The number of hydrogen-bond donors (Lipinski definition) is 1. The smallest absolute Gasteiger partial charge is 0.234 e. The van der Waals surface area contributed by atoms with Gasteiger partial charge in [0.25, 0.3) is 0 Å². The number of likely N-dealkylation sites (N-methyl/N-ethyl adjacent to an activating group) is 1. The molecular weight excluding hydrogens is 434 g/mol. The lowest BCUT2D eigenvalue weighted by Crippen LogP contribution is -2.45. The summed E-state index contributed by atoms with van der Waals surface area (Å²) in [5.41, 5.74) is 2.34. The van der Waals surface area contributed by atoms with Crippen LogP contribution in [0.3, 0.4) is 0 Å². The minimum Gasteiger partial charge on any atom is -0.338 e. The van der Waals surface area contributed by atoms with Gasteiger partial charge in [0, 0.05) is 37.5 Å². The summed E-state index contributed by atoms with van der Waals surface area (Å²) < 4.78 is 0. The van der Waals surface area contributed by atoms with Crippen molar-refractivity contribution in [1.29, 1.82) is 0 Å². The van der Waals surface area contributed by atoms with Crippen LogP contribution >= 0.6 is 11.8 Å². The van der Waals surface area contributed by atoms with Crippen molar-refractivity contribution >= 4 is 35.3 Å². The summed E-state index contributed by atoms with van der Waals surface area (Å²) in [7, 11) is 2.13. The Bertz CT molecular complexity index is 1040. The molecule has 2 aliphatic heterocycles. The van der Waals surface area contributed by atoms with Crippen LogP contribution in [0.1, 0.15) is 32.3 Å². The normalized spacial score (nSPS) is 16.5. The Morgan fingerprint density at radius 2 is 1.85 bits per heavy atom. The summed E-state index contributed by atoms with van der Waals surface area (Å²) in [5, 5.41) is 3.93. The largest absolute Gasteiger partial charge is 0.338 e. The average molecular weight is 466 g/mol. The highest BCUT2D eigenvalue weighted by molar-refractivity contribution is 7.99. The van der Waals surface area contributed by atoms with Crippen LogP contribution < -0.4 is 10.2 Å². The maximum Gasteiger partial charge on any atom is 0.234 e. The molecular formula is C24H31N7OS. The Morgan fingerprint density at radius 1 is 1.09 bits per heavy atom. The second-order valence-corrected chi connectivity index (χ2v) is 9.58. The predicted octanol–water partition coefficient (Wildman–Crippen LogP) is 3.46. The third kappa shape index (κ3) is 6.61. The molecule has 9 heteroatoms. The number of aromatic nitrogens is 3. The fourth-order valence-electron chi connectivity index (χ4n) is 3.80. The molecule has 0 bridgehead atoms. The van der Waals surface area contributed by atoms with E-state index in [9.17, 15) is 4.79 Å². The quantitative estimate of drug-likeness (QED) is 0.634. The minimum absolute atomic E-state index is 0.159. The van der Waals surface area contributed by atoms with E-state index in [4.69, 9.17) is 9.97 Å². The highest BCUT2D eigenvalue weighted by Gasteiger charge is 2.20. The number of nitrogens with zero attached hydrogens (tertiary/aromatic N) is 6. The molecule has 174 valence electrons. The zero-order chi connectivity index (χ0) is 23.2. The summed E-state index contributed by atoms with van der Waals surface area (Å²) >= 11 is 1.50. The number of nitrogens with one attached hydrogen (secondary N) is 1. The van der Waals surface area contributed by atoms with Crippen molar-refractivity contribution in [2.75, 3.05) is 50.0 Å². The Kier molecular flexibility index (Phi) is 7.72. The molecule has 0 unspecified atom stereocenters. The predicted molar refractivity (Wildman–Crippen MR) is 133 cm³/mol. The van der Waals surface area contributed by atoms with E-state index in [0.717, 1.165) is 61.9 Å². The summed E-state index contributed by atoms with van der Waals surface area (Å²) in [4.78, 5) is 35.7. The fourth-order valence-corrected chi connectivity index (χ4v) is 4.54. The number of hydrogen-bond acceptors (Lipinski definition) is 9. The number of rotatable bonds is 8. The maximum atomic E-state index is 11.4. The second-order valence-electron chi connectivity index (χ2n) is 8.54. The lowest BCUT2D eigenvalue weighted by atomic mass is 10.1. The van der Waals surface area contributed by atoms with Crippen LogP contribution in [0.15, 0.2) is 51.0 Å². The van der Waals surface area contributed by atoms with Gasteiger partial charge in [-0.3, -0.25) is 9.79 Å². The number of amidine groups is 1. The van der Waals surface area contributed by atoms with Crippen molar-refractivity contribution < 1.29 is 4.79 Å². The van der Waals surface area contributed by atoms with E-state index >= 15 is 0 Å². The molecule has 0 radical (unpaired) electrons. The highest BCUT2D eigenvalue weighted by Crippen LogP contribution is 2.27. The van der Waals surface area contributed by atoms with E-state index in [1.807, 2.05) is 24.3 Å². The number of benzene rings is 1. The monoisotopic (exact) mass is 465 g/mol. The van der Waals surface area contributed by atoms with Gasteiger partial charge in [-0.15, -0.1) is 0 Å². The first-order chi connectivity index (χ1) is 16.0. The fraction of sp³-hybridized carbons (Fsp3) is 0.458. The van der Waals surface area contributed by atoms with Crippen molar-refractivity contribution in [2.45, 2.75) is 43.2 Å². The lowest BCUT2D eigenvalue weighted by molar-refractivity contribution is -0.116. The van der Waals surface area contributed by atoms with E-state index in [2.05, 4.69) is 45.1 Å². The zero-order valence-corrected chi connectivity index (χ0v) is 20.4. The van der Waals surface area contributed by atoms with Gasteiger partial charge in [-0.25, -0.2) is 0 Å². The standard InChI is InChI=1S/C24H31N7OS/c1-4-5-19-15-21(25-16-19)26-22-27-23(31-12-10-30(3)11-13-31)29-24(28-22)33-20-8-6-18(7-9-20)14-17(2)32/h6-9,15H,4-5,10-14,16H2,1-3H3,(H,25,26,27,28,29). The molecule has 2 aromatic rings. The number of carbonyl (C=O) groups excluding carboxylic acids is 1. The molecule has 1 N–H and O–H groups in total. The molecule has 1 aromatic heterocycles. The third-order valence-corrected chi connectivity index (χ3v) is 6.45. The number of Topliss-reactive ketones (excluding diaryl/α,β-unsaturated/α-hetero) is 1. The van der Waals surface area contributed by atoms with E-state index in [1.54, 1.807) is 6.92 Å². The highest BCUT2D eigenvalue weighted by atomic mass is 32.2. The molecule has 0 aliphatic carbocycles. The molecule has 1 fully saturated rings. The molecule has 2 aliphatic rings. The van der Waals surface area contributed by atoms with E-state index in [1.165, 1.54) is 17.3 Å². The Balaban J connectivity index is 1.55. The van der Waals surface area contributed by atoms with Crippen LogP contribution in [0.25, 0.3) is 0 Å². The van der Waals surface area contributed by atoms with Gasteiger partial charge in [-0.05, 0) is 61.5 Å². The van der Waals surface area contributed by atoms with Crippen molar-refractivity contribution in [3.63, 3.8) is 0 Å². The first kappa shape index (κ1) is 23.4. The van der Waals surface area contributed by atoms with Gasteiger partial charge < -0.3 is 15.1 Å². The molecule has 0 saturated carbocycles. The average Bonchev–Trinajstić information content (AvgIpc) is 3.22. The molecule has 1 saturated heterocycles. The number of anilines is 2. The van der Waals surface area contributed by atoms with Crippen LogP contribution in [0.4, 0.5) is 11.9 Å². The van der Waals surface area contributed by atoms with Gasteiger partial charge in [-0.1, -0.05) is 25.5 Å². The van der Waals surface area contributed by atoms with Gasteiger partial charge in [-0.2, -0.15) is 15.0 Å². The summed E-state index contributed by atoms with van der Waals surface area (Å²) in [6.07, 6.45) is 4.72. The van der Waals surface area contributed by atoms with Gasteiger partial charge in [0.05, 0.1) is 6.54 Å². The van der Waals surface area contributed by atoms with Gasteiger partial charge in [0.15, 0.2) is 5.16 Å². The number of aliphatic imine (C=N–C) groups is 1. The van der Waals surface area contributed by atoms with Crippen LogP contribution in [-0.2, 0) is 11.2 Å². The number of carbonyl (C=O) groups is 1. The number of ketones is 1. The van der Waals surface area contributed by atoms with Gasteiger partial charge in [0.1, 0.15) is 11.6 Å².